The minimum Gasteiger partial charge on any atom is -0.502 e. The highest BCUT2D eigenvalue weighted by Gasteiger charge is 2.12. The third kappa shape index (κ3) is 4.44. The number of carbonyl (C=O) groups is 2. The van der Waals surface area contributed by atoms with E-state index in [9.17, 15) is 9.59 Å². The molecule has 23 heavy (non-hydrogen) atoms. The molecule has 0 atom stereocenters. The number of nitrogens with zero attached hydrogens (tertiary/aromatic N) is 1. The van der Waals surface area contributed by atoms with Crippen LogP contribution in [0.4, 0.5) is 0 Å². The van der Waals surface area contributed by atoms with E-state index in [0.717, 1.165) is 16.7 Å². The van der Waals surface area contributed by atoms with Gasteiger partial charge in [0.05, 0.1) is 6.08 Å². The molecule has 0 aliphatic carbocycles. The van der Waals surface area contributed by atoms with Gasteiger partial charge in [0.1, 0.15) is 0 Å². The summed E-state index contributed by atoms with van der Waals surface area (Å²) in [5.41, 5.74) is 3.02. The molecule has 5 heteroatoms. The second kappa shape index (κ2) is 7.26. The Balaban J connectivity index is 2.13. The van der Waals surface area contributed by atoms with Crippen LogP contribution in [0.25, 0.3) is 11.1 Å². The molecule has 1 amide bonds. The SMILES string of the molecule is CN(Cc1cccc(-c2ccccc2)c1)C(=O)C=C(O)C(=O)O. The van der Waals surface area contributed by atoms with E-state index in [1.165, 1.54) is 4.90 Å². The highest BCUT2D eigenvalue weighted by Crippen LogP contribution is 2.20. The van der Waals surface area contributed by atoms with Crippen molar-refractivity contribution in [3.05, 3.63) is 72.0 Å². The molecule has 0 unspecified atom stereocenters. The van der Waals surface area contributed by atoms with Crippen LogP contribution in [0.2, 0.25) is 0 Å². The first-order valence-electron chi connectivity index (χ1n) is 7.01. The number of hydrogen-bond donors (Lipinski definition) is 2. The Morgan fingerprint density at radius 2 is 1.65 bits per heavy atom. The van der Waals surface area contributed by atoms with Crippen molar-refractivity contribution in [2.24, 2.45) is 0 Å². The van der Waals surface area contributed by atoms with Gasteiger partial charge in [-0.2, -0.15) is 0 Å². The smallest absolute Gasteiger partial charge is 0.371 e. The largest absolute Gasteiger partial charge is 0.502 e. The maximum atomic E-state index is 11.8. The Kier molecular flexibility index (Phi) is 5.15. The van der Waals surface area contributed by atoms with Crippen LogP contribution in [0, 0.1) is 0 Å². The third-order valence-corrected chi connectivity index (χ3v) is 3.31. The number of amides is 1. The van der Waals surface area contributed by atoms with E-state index in [0.29, 0.717) is 12.6 Å². The van der Waals surface area contributed by atoms with E-state index in [2.05, 4.69) is 0 Å². The summed E-state index contributed by atoms with van der Waals surface area (Å²) in [6.45, 7) is 0.308. The molecule has 0 spiro atoms. The lowest BCUT2D eigenvalue weighted by atomic mass is 10.0. The molecule has 0 bridgehead atoms. The van der Waals surface area contributed by atoms with Crippen LogP contribution in [0.5, 0.6) is 0 Å². The molecule has 0 saturated carbocycles. The fourth-order valence-electron chi connectivity index (χ4n) is 2.12. The van der Waals surface area contributed by atoms with E-state index in [1.54, 1.807) is 7.05 Å². The van der Waals surface area contributed by atoms with Gasteiger partial charge in [-0.15, -0.1) is 0 Å². The molecule has 0 saturated heterocycles. The van der Waals surface area contributed by atoms with Gasteiger partial charge in [0.25, 0.3) is 5.91 Å². The van der Waals surface area contributed by atoms with Gasteiger partial charge in [-0.05, 0) is 22.8 Å². The van der Waals surface area contributed by atoms with Crippen LogP contribution in [0.15, 0.2) is 66.4 Å². The van der Waals surface area contributed by atoms with Gasteiger partial charge >= 0.3 is 5.97 Å². The number of aliphatic hydroxyl groups excluding tert-OH is 1. The molecule has 0 aromatic heterocycles. The van der Waals surface area contributed by atoms with Gasteiger partial charge in [-0.1, -0.05) is 48.5 Å². The average molecular weight is 311 g/mol. The first-order chi connectivity index (χ1) is 11.0. The number of likely N-dealkylation sites (N-methyl/N-ethyl adjacent to an activating group) is 1. The molecule has 5 nitrogen and oxygen atoms in total. The fraction of sp³-hybridized carbons (Fsp3) is 0.111. The van der Waals surface area contributed by atoms with Crippen molar-refractivity contribution >= 4 is 11.9 Å². The summed E-state index contributed by atoms with van der Waals surface area (Å²) in [7, 11) is 1.54. The number of aliphatic hydroxyl groups is 1. The zero-order valence-electron chi connectivity index (χ0n) is 12.6. The fourth-order valence-corrected chi connectivity index (χ4v) is 2.12. The number of benzene rings is 2. The van der Waals surface area contributed by atoms with Gasteiger partial charge in [-0.25, -0.2) is 4.79 Å². The first-order valence-corrected chi connectivity index (χ1v) is 7.01. The Morgan fingerprint density at radius 1 is 1.00 bits per heavy atom. The summed E-state index contributed by atoms with van der Waals surface area (Å²) in [4.78, 5) is 23.7. The summed E-state index contributed by atoms with van der Waals surface area (Å²) in [6, 6.07) is 17.6. The van der Waals surface area contributed by atoms with E-state index < -0.39 is 17.6 Å². The normalized spacial score (nSPS) is 11.1. The Morgan fingerprint density at radius 3 is 2.30 bits per heavy atom. The van der Waals surface area contributed by atoms with E-state index in [1.807, 2.05) is 54.6 Å². The predicted molar refractivity (Wildman–Crippen MR) is 86.7 cm³/mol. The number of aliphatic carboxylic acids is 1. The minimum atomic E-state index is -1.53. The molecular formula is C18H17NO4. The zero-order valence-corrected chi connectivity index (χ0v) is 12.6. The molecule has 2 N–H and O–H groups in total. The number of rotatable bonds is 5. The standard InChI is InChI=1S/C18H17NO4/c1-19(17(21)11-16(20)18(22)23)12-13-6-5-9-15(10-13)14-7-3-2-4-8-14/h2-11,20H,12H2,1H3,(H,22,23). The molecule has 2 rings (SSSR count). The first kappa shape index (κ1) is 16.3. The summed E-state index contributed by atoms with van der Waals surface area (Å²) < 4.78 is 0. The van der Waals surface area contributed by atoms with Gasteiger partial charge < -0.3 is 15.1 Å². The average Bonchev–Trinajstić information content (AvgIpc) is 2.55. The zero-order chi connectivity index (χ0) is 16.8. The molecule has 0 heterocycles. The summed E-state index contributed by atoms with van der Waals surface area (Å²) in [5, 5.41) is 17.7. The Bertz CT molecular complexity index is 738. The molecule has 2 aromatic rings. The number of hydrogen-bond acceptors (Lipinski definition) is 3. The molecule has 0 aliphatic rings. The highest BCUT2D eigenvalue weighted by molar-refractivity contribution is 5.95. The van der Waals surface area contributed by atoms with E-state index >= 15 is 0 Å². The van der Waals surface area contributed by atoms with Crippen LogP contribution in [-0.2, 0) is 16.1 Å². The summed E-state index contributed by atoms with van der Waals surface area (Å²) >= 11 is 0. The monoisotopic (exact) mass is 311 g/mol. The van der Waals surface area contributed by atoms with Gasteiger partial charge in [-0.3, -0.25) is 4.79 Å². The lowest BCUT2D eigenvalue weighted by Gasteiger charge is -2.16. The van der Waals surface area contributed by atoms with Crippen LogP contribution in [0.3, 0.4) is 0 Å². The van der Waals surface area contributed by atoms with Gasteiger partial charge in [0.2, 0.25) is 5.76 Å². The van der Waals surface area contributed by atoms with Crippen molar-refractivity contribution in [2.45, 2.75) is 6.54 Å². The quantitative estimate of drug-likeness (QED) is 0.657. The van der Waals surface area contributed by atoms with Crippen LogP contribution in [0.1, 0.15) is 5.56 Å². The molecule has 2 aromatic carbocycles. The minimum absolute atomic E-state index is 0.308. The highest BCUT2D eigenvalue weighted by atomic mass is 16.4. The lowest BCUT2D eigenvalue weighted by molar-refractivity contribution is -0.136. The molecular weight excluding hydrogens is 294 g/mol. The Labute approximate surface area is 134 Å². The van der Waals surface area contributed by atoms with Crippen molar-refractivity contribution in [1.82, 2.24) is 4.90 Å². The summed E-state index contributed by atoms with van der Waals surface area (Å²) in [5.74, 6) is -3.08. The number of carboxylic acid groups (broad SMARTS) is 1. The van der Waals surface area contributed by atoms with Crippen LogP contribution >= 0.6 is 0 Å². The van der Waals surface area contributed by atoms with E-state index in [4.69, 9.17) is 10.2 Å². The third-order valence-electron chi connectivity index (χ3n) is 3.31. The van der Waals surface area contributed by atoms with Crippen molar-refractivity contribution < 1.29 is 19.8 Å². The lowest BCUT2D eigenvalue weighted by Crippen LogP contribution is -2.25. The van der Waals surface area contributed by atoms with E-state index in [-0.39, 0.29) is 0 Å². The molecule has 118 valence electrons. The predicted octanol–water partition coefficient (Wildman–Crippen LogP) is 2.84. The topological polar surface area (TPSA) is 77.8 Å². The van der Waals surface area contributed by atoms with Crippen molar-refractivity contribution in [3.8, 4) is 11.1 Å². The maximum absolute atomic E-state index is 11.8. The van der Waals surface area contributed by atoms with Crippen LogP contribution < -0.4 is 0 Å². The van der Waals surface area contributed by atoms with Gasteiger partial charge in [0, 0.05) is 13.6 Å². The maximum Gasteiger partial charge on any atom is 0.371 e. The Hall–Kier alpha value is -3.08. The molecule has 0 fully saturated rings. The van der Waals surface area contributed by atoms with Gasteiger partial charge in [0.15, 0.2) is 0 Å². The molecule has 0 radical (unpaired) electrons. The van der Waals surface area contributed by atoms with Crippen LogP contribution in [-0.4, -0.2) is 34.0 Å². The molecule has 0 aliphatic heterocycles. The number of carboxylic acids is 1. The second-order valence-corrected chi connectivity index (χ2v) is 5.10. The summed E-state index contributed by atoms with van der Waals surface area (Å²) in [6.07, 6.45) is 0.698. The van der Waals surface area contributed by atoms with Crippen molar-refractivity contribution in [2.75, 3.05) is 7.05 Å². The second-order valence-electron chi connectivity index (χ2n) is 5.10. The number of carbonyl (C=O) groups excluding carboxylic acids is 1. The van der Waals surface area contributed by atoms with Crippen molar-refractivity contribution in [3.63, 3.8) is 0 Å². The van der Waals surface area contributed by atoms with Crippen molar-refractivity contribution in [1.29, 1.82) is 0 Å².